The fourth-order valence-electron chi connectivity index (χ4n) is 1.81. The second kappa shape index (κ2) is 6.98. The zero-order chi connectivity index (χ0) is 13.5. The van der Waals surface area contributed by atoms with Crippen LogP contribution in [-0.2, 0) is 11.3 Å². The number of carboxylic acids is 1. The van der Waals surface area contributed by atoms with Gasteiger partial charge in [0.15, 0.2) is 0 Å². The summed E-state index contributed by atoms with van der Waals surface area (Å²) < 4.78 is 5.23. The van der Waals surface area contributed by atoms with Crippen molar-refractivity contribution in [3.63, 3.8) is 0 Å². The van der Waals surface area contributed by atoms with Crippen LogP contribution >= 0.6 is 0 Å². The van der Waals surface area contributed by atoms with Gasteiger partial charge in [0.25, 0.3) is 0 Å². The van der Waals surface area contributed by atoms with Gasteiger partial charge in [-0.05, 0) is 13.1 Å². The van der Waals surface area contributed by atoms with E-state index < -0.39 is 12.1 Å². The molecule has 5 heteroatoms. The zero-order valence-corrected chi connectivity index (χ0v) is 10.7. The number of carbonyl (C=O) groups is 1. The summed E-state index contributed by atoms with van der Waals surface area (Å²) in [5.74, 6) is -0.203. The molecule has 0 aliphatic heterocycles. The van der Waals surface area contributed by atoms with E-state index in [1.165, 1.54) is 0 Å². The highest BCUT2D eigenvalue weighted by molar-refractivity contribution is 5.67. The molecule has 0 radical (unpaired) electrons. The number of aliphatic hydroxyl groups is 1. The van der Waals surface area contributed by atoms with Gasteiger partial charge in [0.2, 0.25) is 0 Å². The molecule has 1 atom stereocenters. The number of rotatable bonds is 7. The molecule has 0 heterocycles. The molecule has 1 rings (SSSR count). The minimum atomic E-state index is -0.992. The van der Waals surface area contributed by atoms with E-state index in [0.29, 0.717) is 13.1 Å². The summed E-state index contributed by atoms with van der Waals surface area (Å²) in [5.41, 5.74) is 1.00. The van der Waals surface area contributed by atoms with Crippen LogP contribution in [0.15, 0.2) is 24.3 Å². The van der Waals surface area contributed by atoms with Crippen molar-refractivity contribution < 1.29 is 19.7 Å². The van der Waals surface area contributed by atoms with Crippen molar-refractivity contribution in [1.82, 2.24) is 4.90 Å². The lowest BCUT2D eigenvalue weighted by Crippen LogP contribution is -2.30. The van der Waals surface area contributed by atoms with Gasteiger partial charge in [-0.3, -0.25) is 9.69 Å². The number of para-hydroxylation sites is 1. The van der Waals surface area contributed by atoms with Crippen LogP contribution < -0.4 is 4.74 Å². The van der Waals surface area contributed by atoms with Crippen LogP contribution in [-0.4, -0.2) is 47.9 Å². The number of ether oxygens (including phenoxy) is 1. The van der Waals surface area contributed by atoms with E-state index in [2.05, 4.69) is 0 Å². The van der Waals surface area contributed by atoms with Crippen LogP contribution in [0.5, 0.6) is 5.75 Å². The Labute approximate surface area is 107 Å². The van der Waals surface area contributed by atoms with E-state index in [0.717, 1.165) is 11.3 Å². The van der Waals surface area contributed by atoms with Crippen molar-refractivity contribution in [3.05, 3.63) is 29.8 Å². The predicted molar refractivity (Wildman–Crippen MR) is 67.6 cm³/mol. The van der Waals surface area contributed by atoms with Crippen molar-refractivity contribution in [2.24, 2.45) is 0 Å². The number of aliphatic carboxylic acids is 1. The zero-order valence-electron chi connectivity index (χ0n) is 10.7. The molecule has 1 aromatic rings. The molecule has 100 valence electrons. The third-order valence-electron chi connectivity index (χ3n) is 2.57. The Bertz CT molecular complexity index is 394. The summed E-state index contributed by atoms with van der Waals surface area (Å²) >= 11 is 0. The maximum atomic E-state index is 10.5. The minimum Gasteiger partial charge on any atom is -0.496 e. The first-order valence-corrected chi connectivity index (χ1v) is 5.73. The Balaban J connectivity index is 2.53. The molecule has 0 spiro atoms. The molecule has 0 aliphatic rings. The summed E-state index contributed by atoms with van der Waals surface area (Å²) in [5, 5.41) is 18.1. The summed E-state index contributed by atoms with van der Waals surface area (Å²) in [6, 6.07) is 7.62. The van der Waals surface area contributed by atoms with Crippen molar-refractivity contribution in [2.45, 2.75) is 19.1 Å². The number of likely N-dealkylation sites (N-methyl/N-ethyl adjacent to an activating group) is 1. The molecule has 1 unspecified atom stereocenters. The average Bonchev–Trinajstić information content (AvgIpc) is 2.28. The smallest absolute Gasteiger partial charge is 0.306 e. The SMILES string of the molecule is COc1ccccc1CN(C)CC(O)CC(=O)O. The summed E-state index contributed by atoms with van der Waals surface area (Å²) in [6.07, 6.45) is -1.10. The standard InChI is InChI=1S/C13H19NO4/c1-14(9-11(15)7-13(16)17)8-10-5-3-4-6-12(10)18-2/h3-6,11,15H,7-9H2,1-2H3,(H,16,17). The third kappa shape index (κ3) is 4.73. The van der Waals surface area contributed by atoms with Gasteiger partial charge in [0.05, 0.1) is 19.6 Å². The summed E-state index contributed by atoms with van der Waals surface area (Å²) in [7, 11) is 3.44. The first-order chi connectivity index (χ1) is 8.52. The van der Waals surface area contributed by atoms with Gasteiger partial charge in [0.1, 0.15) is 5.75 Å². The maximum absolute atomic E-state index is 10.5. The van der Waals surface area contributed by atoms with Gasteiger partial charge in [-0.2, -0.15) is 0 Å². The van der Waals surface area contributed by atoms with Gasteiger partial charge in [-0.25, -0.2) is 0 Å². The normalized spacial score (nSPS) is 12.4. The molecule has 0 amide bonds. The molecular weight excluding hydrogens is 234 g/mol. The number of nitrogens with zero attached hydrogens (tertiary/aromatic N) is 1. The molecule has 5 nitrogen and oxygen atoms in total. The van der Waals surface area contributed by atoms with E-state index in [-0.39, 0.29) is 6.42 Å². The molecule has 2 N–H and O–H groups in total. The second-order valence-electron chi connectivity index (χ2n) is 4.26. The van der Waals surface area contributed by atoms with Crippen LogP contribution in [0.2, 0.25) is 0 Å². The third-order valence-corrected chi connectivity index (χ3v) is 2.57. The number of methoxy groups -OCH3 is 1. The quantitative estimate of drug-likeness (QED) is 0.757. The highest BCUT2D eigenvalue weighted by atomic mass is 16.5. The number of carboxylic acid groups (broad SMARTS) is 1. The monoisotopic (exact) mass is 253 g/mol. The molecule has 0 bridgehead atoms. The number of aliphatic hydroxyl groups excluding tert-OH is 1. The van der Waals surface area contributed by atoms with Gasteiger partial charge < -0.3 is 14.9 Å². The van der Waals surface area contributed by atoms with Gasteiger partial charge in [-0.1, -0.05) is 18.2 Å². The predicted octanol–water partition coefficient (Wildman–Crippen LogP) is 0.963. The van der Waals surface area contributed by atoms with Gasteiger partial charge >= 0.3 is 5.97 Å². The van der Waals surface area contributed by atoms with Crippen LogP contribution in [0, 0.1) is 0 Å². The highest BCUT2D eigenvalue weighted by Crippen LogP contribution is 2.18. The fourth-order valence-corrected chi connectivity index (χ4v) is 1.81. The molecule has 0 saturated carbocycles. The molecule has 18 heavy (non-hydrogen) atoms. The van der Waals surface area contributed by atoms with Crippen LogP contribution in [0.3, 0.4) is 0 Å². The van der Waals surface area contributed by atoms with Crippen LogP contribution in [0.1, 0.15) is 12.0 Å². The first-order valence-electron chi connectivity index (χ1n) is 5.73. The summed E-state index contributed by atoms with van der Waals surface area (Å²) in [6.45, 7) is 0.908. The molecule has 0 saturated heterocycles. The minimum absolute atomic E-state index is 0.240. The van der Waals surface area contributed by atoms with E-state index >= 15 is 0 Å². The topological polar surface area (TPSA) is 70.0 Å². The maximum Gasteiger partial charge on any atom is 0.306 e. The van der Waals surface area contributed by atoms with Gasteiger partial charge in [-0.15, -0.1) is 0 Å². The molecule has 1 aromatic carbocycles. The van der Waals surface area contributed by atoms with Crippen LogP contribution in [0.25, 0.3) is 0 Å². The fraction of sp³-hybridized carbons (Fsp3) is 0.462. The van der Waals surface area contributed by atoms with Crippen LogP contribution in [0.4, 0.5) is 0 Å². The number of benzene rings is 1. The summed E-state index contributed by atoms with van der Waals surface area (Å²) in [4.78, 5) is 12.3. The van der Waals surface area contributed by atoms with E-state index in [4.69, 9.17) is 9.84 Å². The first kappa shape index (κ1) is 14.5. The molecule has 0 fully saturated rings. The Morgan fingerprint density at radius 3 is 2.72 bits per heavy atom. The lowest BCUT2D eigenvalue weighted by Gasteiger charge is -2.20. The number of hydrogen-bond donors (Lipinski definition) is 2. The van der Waals surface area contributed by atoms with E-state index in [9.17, 15) is 9.90 Å². The molecular formula is C13H19NO4. The van der Waals surface area contributed by atoms with Crippen molar-refractivity contribution in [3.8, 4) is 5.75 Å². The number of hydrogen-bond acceptors (Lipinski definition) is 4. The van der Waals surface area contributed by atoms with Crippen molar-refractivity contribution >= 4 is 5.97 Å². The lowest BCUT2D eigenvalue weighted by molar-refractivity contribution is -0.139. The Morgan fingerprint density at radius 2 is 2.11 bits per heavy atom. The van der Waals surface area contributed by atoms with Crippen molar-refractivity contribution in [1.29, 1.82) is 0 Å². The largest absolute Gasteiger partial charge is 0.496 e. The van der Waals surface area contributed by atoms with E-state index in [1.54, 1.807) is 7.11 Å². The average molecular weight is 253 g/mol. The Morgan fingerprint density at radius 1 is 1.44 bits per heavy atom. The Kier molecular flexibility index (Phi) is 5.61. The molecule has 0 aromatic heterocycles. The van der Waals surface area contributed by atoms with E-state index in [1.807, 2.05) is 36.2 Å². The molecule has 0 aliphatic carbocycles. The van der Waals surface area contributed by atoms with Crippen molar-refractivity contribution in [2.75, 3.05) is 20.7 Å². The Hall–Kier alpha value is -1.59. The lowest BCUT2D eigenvalue weighted by atomic mass is 10.1. The second-order valence-corrected chi connectivity index (χ2v) is 4.26. The van der Waals surface area contributed by atoms with Gasteiger partial charge in [0, 0.05) is 18.7 Å². The highest BCUT2D eigenvalue weighted by Gasteiger charge is 2.13.